The summed E-state index contributed by atoms with van der Waals surface area (Å²) in [6, 6.07) is 5.31. The van der Waals surface area contributed by atoms with Gasteiger partial charge >= 0.3 is 5.97 Å². The van der Waals surface area contributed by atoms with E-state index in [4.69, 9.17) is 16.3 Å². The zero-order valence-corrected chi connectivity index (χ0v) is 15.8. The molecule has 0 aromatic heterocycles. The Morgan fingerprint density at radius 3 is 2.79 bits per heavy atom. The lowest BCUT2D eigenvalue weighted by molar-refractivity contribution is -0.140. The van der Waals surface area contributed by atoms with Gasteiger partial charge in [-0.1, -0.05) is 40.4 Å². The first kappa shape index (κ1) is 17.7. The molecule has 0 radical (unpaired) electrons. The monoisotopic (exact) mass is 413 g/mol. The zero-order valence-electron chi connectivity index (χ0n) is 13.5. The quantitative estimate of drug-likeness (QED) is 0.687. The Kier molecular flexibility index (Phi) is 5.82. The highest BCUT2D eigenvalue weighted by Gasteiger charge is 2.35. The molecule has 1 saturated carbocycles. The summed E-state index contributed by atoms with van der Waals surface area (Å²) in [6.45, 7) is 0.556. The molecule has 0 N–H and O–H groups in total. The van der Waals surface area contributed by atoms with Crippen LogP contribution in [0.15, 0.2) is 22.7 Å². The van der Waals surface area contributed by atoms with Gasteiger partial charge in [-0.25, -0.2) is 4.79 Å². The summed E-state index contributed by atoms with van der Waals surface area (Å²) in [6.07, 6.45) is 6.97. The Balaban J connectivity index is 1.60. The van der Waals surface area contributed by atoms with E-state index in [1.165, 1.54) is 25.7 Å². The van der Waals surface area contributed by atoms with Crippen molar-refractivity contribution in [1.82, 2.24) is 4.90 Å². The minimum atomic E-state index is -0.563. The lowest BCUT2D eigenvalue weighted by atomic mass is 9.78. The van der Waals surface area contributed by atoms with Crippen molar-refractivity contribution in [2.24, 2.45) is 5.92 Å². The number of hydrogen-bond donors (Lipinski definition) is 0. The predicted molar refractivity (Wildman–Crippen MR) is 96.1 cm³/mol. The smallest absolute Gasteiger partial charge is 0.340 e. The van der Waals surface area contributed by atoms with Crippen molar-refractivity contribution in [1.29, 1.82) is 0 Å². The van der Waals surface area contributed by atoms with E-state index in [9.17, 15) is 9.59 Å². The first-order valence-corrected chi connectivity index (χ1v) is 9.65. The Morgan fingerprint density at radius 1 is 1.21 bits per heavy atom. The number of rotatable bonds is 3. The van der Waals surface area contributed by atoms with E-state index in [0.717, 1.165) is 23.9 Å². The standard InChI is InChI=1S/C18H21BrClNO3/c19-13-7-8-15(20)14(10-13)18(23)24-11-17(22)21-9-3-5-12-4-1-2-6-16(12)21/h7-8,10,12,16H,1-6,9,11H2/t12-,16+/m1/s1. The van der Waals surface area contributed by atoms with Crippen molar-refractivity contribution in [2.75, 3.05) is 13.2 Å². The summed E-state index contributed by atoms with van der Waals surface area (Å²) >= 11 is 9.33. The molecule has 1 heterocycles. The van der Waals surface area contributed by atoms with E-state index in [1.54, 1.807) is 18.2 Å². The average Bonchev–Trinajstić information content (AvgIpc) is 2.61. The molecular weight excluding hydrogens is 394 g/mol. The second kappa shape index (κ2) is 7.87. The number of piperidine rings is 1. The number of halogens is 2. The van der Waals surface area contributed by atoms with Gasteiger partial charge in [0.25, 0.3) is 5.91 Å². The van der Waals surface area contributed by atoms with Gasteiger partial charge in [0.05, 0.1) is 10.6 Å². The van der Waals surface area contributed by atoms with Crippen LogP contribution in [0.25, 0.3) is 0 Å². The summed E-state index contributed by atoms with van der Waals surface area (Å²) in [7, 11) is 0. The molecule has 3 rings (SSSR count). The molecule has 2 atom stereocenters. The topological polar surface area (TPSA) is 46.6 Å². The molecule has 1 aliphatic heterocycles. The molecular formula is C18H21BrClNO3. The largest absolute Gasteiger partial charge is 0.452 e. The van der Waals surface area contributed by atoms with Gasteiger partial charge < -0.3 is 9.64 Å². The zero-order chi connectivity index (χ0) is 17.1. The number of hydrogen-bond acceptors (Lipinski definition) is 3. The highest BCUT2D eigenvalue weighted by molar-refractivity contribution is 9.10. The van der Waals surface area contributed by atoms with Crippen LogP contribution in [0, 0.1) is 5.92 Å². The molecule has 0 unspecified atom stereocenters. The maximum absolute atomic E-state index is 12.5. The molecule has 1 aromatic rings. The Hall–Kier alpha value is -1.07. The number of likely N-dealkylation sites (tertiary alicyclic amines) is 1. The van der Waals surface area contributed by atoms with Crippen LogP contribution in [-0.2, 0) is 9.53 Å². The summed E-state index contributed by atoms with van der Waals surface area (Å²) in [5.41, 5.74) is 0.271. The Morgan fingerprint density at radius 2 is 1.96 bits per heavy atom. The first-order valence-electron chi connectivity index (χ1n) is 8.48. The van der Waals surface area contributed by atoms with Gasteiger partial charge in [-0.15, -0.1) is 0 Å². The molecule has 6 heteroatoms. The molecule has 1 saturated heterocycles. The second-order valence-electron chi connectivity index (χ2n) is 6.54. The van der Waals surface area contributed by atoms with Gasteiger partial charge in [-0.05, 0) is 49.8 Å². The van der Waals surface area contributed by atoms with Crippen LogP contribution in [0.3, 0.4) is 0 Å². The predicted octanol–water partition coefficient (Wildman–Crippen LogP) is 4.44. The molecule has 2 fully saturated rings. The van der Waals surface area contributed by atoms with Crippen molar-refractivity contribution in [3.8, 4) is 0 Å². The van der Waals surface area contributed by atoms with Crippen LogP contribution < -0.4 is 0 Å². The van der Waals surface area contributed by atoms with Crippen molar-refractivity contribution in [2.45, 2.75) is 44.6 Å². The van der Waals surface area contributed by atoms with Gasteiger partial charge in [0.15, 0.2) is 6.61 Å². The fourth-order valence-corrected chi connectivity index (χ4v) is 4.43. The summed E-state index contributed by atoms with van der Waals surface area (Å²) in [5, 5.41) is 0.320. The highest BCUT2D eigenvalue weighted by atomic mass is 79.9. The van der Waals surface area contributed by atoms with Crippen LogP contribution >= 0.6 is 27.5 Å². The van der Waals surface area contributed by atoms with Crippen molar-refractivity contribution < 1.29 is 14.3 Å². The lowest BCUT2D eigenvalue weighted by Crippen LogP contribution is -2.50. The van der Waals surface area contributed by atoms with Gasteiger partial charge in [-0.3, -0.25) is 4.79 Å². The average molecular weight is 415 g/mol. The summed E-state index contributed by atoms with van der Waals surface area (Å²) in [5.74, 6) is -0.0374. The number of amides is 1. The van der Waals surface area contributed by atoms with Gasteiger partial charge in [0, 0.05) is 17.1 Å². The number of carbonyl (C=O) groups is 2. The number of nitrogens with zero attached hydrogens (tertiary/aromatic N) is 1. The summed E-state index contributed by atoms with van der Waals surface area (Å²) in [4.78, 5) is 26.7. The third-order valence-electron chi connectivity index (χ3n) is 5.04. The maximum atomic E-state index is 12.5. The van der Waals surface area contributed by atoms with Gasteiger partial charge in [0.1, 0.15) is 0 Å². The minimum absolute atomic E-state index is 0.0916. The van der Waals surface area contributed by atoms with E-state index in [0.29, 0.717) is 17.0 Å². The Bertz CT molecular complexity index is 635. The number of ether oxygens (including phenoxy) is 1. The van der Waals surface area contributed by atoms with Crippen LogP contribution in [0.2, 0.25) is 5.02 Å². The maximum Gasteiger partial charge on any atom is 0.340 e. The molecule has 2 aliphatic rings. The van der Waals surface area contributed by atoms with Crippen LogP contribution in [0.5, 0.6) is 0 Å². The number of benzene rings is 1. The summed E-state index contributed by atoms with van der Waals surface area (Å²) < 4.78 is 5.97. The molecule has 1 aromatic carbocycles. The lowest BCUT2D eigenvalue weighted by Gasteiger charge is -2.44. The minimum Gasteiger partial charge on any atom is -0.452 e. The molecule has 1 aliphatic carbocycles. The molecule has 0 bridgehead atoms. The first-order chi connectivity index (χ1) is 11.6. The van der Waals surface area contributed by atoms with Crippen molar-refractivity contribution >= 4 is 39.4 Å². The van der Waals surface area contributed by atoms with Crippen molar-refractivity contribution in [3.05, 3.63) is 33.3 Å². The third kappa shape index (κ3) is 3.94. The van der Waals surface area contributed by atoms with Crippen molar-refractivity contribution in [3.63, 3.8) is 0 Å². The van der Waals surface area contributed by atoms with Gasteiger partial charge in [0.2, 0.25) is 0 Å². The van der Waals surface area contributed by atoms with Crippen LogP contribution in [-0.4, -0.2) is 36.0 Å². The Labute approximate surface area is 155 Å². The number of carbonyl (C=O) groups excluding carboxylic acids is 2. The molecule has 1 amide bonds. The molecule has 24 heavy (non-hydrogen) atoms. The third-order valence-corrected chi connectivity index (χ3v) is 5.86. The van der Waals surface area contributed by atoms with E-state index in [-0.39, 0.29) is 18.1 Å². The van der Waals surface area contributed by atoms with Crippen LogP contribution in [0.1, 0.15) is 48.9 Å². The van der Waals surface area contributed by atoms with Crippen LogP contribution in [0.4, 0.5) is 0 Å². The molecule has 130 valence electrons. The normalized spacial score (nSPS) is 23.5. The fourth-order valence-electron chi connectivity index (χ4n) is 3.88. The van der Waals surface area contributed by atoms with E-state index >= 15 is 0 Å². The number of esters is 1. The van der Waals surface area contributed by atoms with E-state index in [1.807, 2.05) is 4.90 Å². The molecule has 4 nitrogen and oxygen atoms in total. The molecule has 0 spiro atoms. The SMILES string of the molecule is O=C(OCC(=O)N1CCC[C@H]2CCCC[C@@H]21)c1cc(Br)ccc1Cl. The van der Waals surface area contributed by atoms with E-state index in [2.05, 4.69) is 15.9 Å². The fraction of sp³-hybridized carbons (Fsp3) is 0.556. The second-order valence-corrected chi connectivity index (χ2v) is 7.86. The van der Waals surface area contributed by atoms with Gasteiger partial charge in [-0.2, -0.15) is 0 Å². The van der Waals surface area contributed by atoms with E-state index < -0.39 is 5.97 Å². The highest BCUT2D eigenvalue weighted by Crippen LogP contribution is 2.35. The number of fused-ring (bicyclic) bond motifs is 1.